The smallest absolute Gasteiger partial charge is 0.146 e. The number of nitrogens with zero attached hydrogens (tertiary/aromatic N) is 1. The molecule has 0 amide bonds. The molecule has 0 unspecified atom stereocenters. The van der Waals surface area contributed by atoms with Crippen LogP contribution in [0.15, 0.2) is 41.1 Å². The molecular formula is C16H19BrN2O2. The molecule has 0 radical (unpaired) electrons. The number of hydrogen-bond donors (Lipinski definition) is 1. The van der Waals surface area contributed by atoms with Crippen molar-refractivity contribution in [1.82, 2.24) is 10.3 Å². The summed E-state index contributed by atoms with van der Waals surface area (Å²) in [6, 6.07) is 7.98. The lowest BCUT2D eigenvalue weighted by Crippen LogP contribution is -2.19. The molecule has 0 aliphatic rings. The van der Waals surface area contributed by atoms with Crippen molar-refractivity contribution in [2.24, 2.45) is 0 Å². The molecule has 1 aromatic carbocycles. The van der Waals surface area contributed by atoms with Gasteiger partial charge in [-0.2, -0.15) is 0 Å². The Kier molecular flexibility index (Phi) is 6.17. The van der Waals surface area contributed by atoms with Crippen LogP contribution in [0, 0.1) is 6.92 Å². The number of rotatable bonds is 7. The Balaban J connectivity index is 1.98. The SMILES string of the molecule is COCCNCc1ccc(Oc2cncc(Br)c2)cc1C. The number of methoxy groups -OCH3 is 1. The summed E-state index contributed by atoms with van der Waals surface area (Å²) in [5.41, 5.74) is 2.45. The van der Waals surface area contributed by atoms with Crippen LogP contribution in [-0.2, 0) is 11.3 Å². The van der Waals surface area contributed by atoms with Crippen LogP contribution in [0.5, 0.6) is 11.5 Å². The molecular weight excluding hydrogens is 332 g/mol. The van der Waals surface area contributed by atoms with Gasteiger partial charge in [0.05, 0.1) is 12.8 Å². The van der Waals surface area contributed by atoms with Crippen LogP contribution in [0.3, 0.4) is 0 Å². The normalized spacial score (nSPS) is 10.6. The monoisotopic (exact) mass is 350 g/mol. The molecule has 0 spiro atoms. The third kappa shape index (κ3) is 5.12. The minimum atomic E-state index is 0.717. The molecule has 21 heavy (non-hydrogen) atoms. The maximum Gasteiger partial charge on any atom is 0.146 e. The van der Waals surface area contributed by atoms with Gasteiger partial charge in [0.25, 0.3) is 0 Å². The van der Waals surface area contributed by atoms with Gasteiger partial charge < -0.3 is 14.8 Å². The van der Waals surface area contributed by atoms with Gasteiger partial charge in [0, 0.05) is 30.9 Å². The Morgan fingerprint density at radius 3 is 2.76 bits per heavy atom. The summed E-state index contributed by atoms with van der Waals surface area (Å²) >= 11 is 3.38. The van der Waals surface area contributed by atoms with Gasteiger partial charge in [0.15, 0.2) is 0 Å². The van der Waals surface area contributed by atoms with Crippen LogP contribution in [0.1, 0.15) is 11.1 Å². The lowest BCUT2D eigenvalue weighted by molar-refractivity contribution is 0.199. The predicted octanol–water partition coefficient (Wildman–Crippen LogP) is 3.68. The summed E-state index contributed by atoms with van der Waals surface area (Å²) in [6.45, 7) is 4.47. The van der Waals surface area contributed by atoms with Gasteiger partial charge in [-0.1, -0.05) is 6.07 Å². The van der Waals surface area contributed by atoms with Crippen molar-refractivity contribution < 1.29 is 9.47 Å². The van der Waals surface area contributed by atoms with Crippen LogP contribution in [-0.4, -0.2) is 25.2 Å². The molecule has 112 valence electrons. The van der Waals surface area contributed by atoms with Gasteiger partial charge >= 0.3 is 0 Å². The largest absolute Gasteiger partial charge is 0.456 e. The zero-order valence-electron chi connectivity index (χ0n) is 12.2. The second-order valence-electron chi connectivity index (χ2n) is 4.70. The van der Waals surface area contributed by atoms with E-state index in [1.54, 1.807) is 19.5 Å². The fourth-order valence-electron chi connectivity index (χ4n) is 1.91. The van der Waals surface area contributed by atoms with Crippen LogP contribution in [0.25, 0.3) is 0 Å². The Labute approximate surface area is 133 Å². The average molecular weight is 351 g/mol. The van der Waals surface area contributed by atoms with Gasteiger partial charge in [0.2, 0.25) is 0 Å². The molecule has 0 aliphatic carbocycles. The van der Waals surface area contributed by atoms with Crippen molar-refractivity contribution in [3.05, 3.63) is 52.3 Å². The molecule has 1 aromatic heterocycles. The maximum atomic E-state index is 5.81. The molecule has 5 heteroatoms. The Morgan fingerprint density at radius 2 is 2.05 bits per heavy atom. The number of nitrogens with one attached hydrogen (secondary N) is 1. The summed E-state index contributed by atoms with van der Waals surface area (Å²) in [5.74, 6) is 1.53. The molecule has 2 rings (SSSR count). The Hall–Kier alpha value is -1.43. The average Bonchev–Trinajstić information content (AvgIpc) is 2.45. The maximum absolute atomic E-state index is 5.81. The minimum absolute atomic E-state index is 0.717. The van der Waals surface area contributed by atoms with Crippen LogP contribution in [0.2, 0.25) is 0 Å². The second kappa shape index (κ2) is 8.12. The minimum Gasteiger partial charge on any atom is -0.456 e. The van der Waals surface area contributed by atoms with Crippen molar-refractivity contribution in [2.45, 2.75) is 13.5 Å². The summed E-state index contributed by atoms with van der Waals surface area (Å²) < 4.78 is 11.7. The zero-order valence-corrected chi connectivity index (χ0v) is 13.8. The number of halogens is 1. The topological polar surface area (TPSA) is 43.4 Å². The van der Waals surface area contributed by atoms with E-state index >= 15 is 0 Å². The highest BCUT2D eigenvalue weighted by Gasteiger charge is 2.03. The number of aromatic nitrogens is 1. The number of benzene rings is 1. The Bertz CT molecular complexity index is 590. The van der Waals surface area contributed by atoms with Gasteiger partial charge in [-0.25, -0.2) is 0 Å². The number of ether oxygens (including phenoxy) is 2. The lowest BCUT2D eigenvalue weighted by Gasteiger charge is -2.11. The molecule has 0 aliphatic heterocycles. The van der Waals surface area contributed by atoms with Crippen molar-refractivity contribution in [3.63, 3.8) is 0 Å². The summed E-state index contributed by atoms with van der Waals surface area (Å²) in [5, 5.41) is 3.34. The van der Waals surface area contributed by atoms with Gasteiger partial charge in [-0.15, -0.1) is 0 Å². The van der Waals surface area contributed by atoms with E-state index in [-0.39, 0.29) is 0 Å². The first-order valence-electron chi connectivity index (χ1n) is 6.76. The molecule has 4 nitrogen and oxygen atoms in total. The van der Waals surface area contributed by atoms with Crippen molar-refractivity contribution in [3.8, 4) is 11.5 Å². The van der Waals surface area contributed by atoms with Crippen molar-refractivity contribution in [1.29, 1.82) is 0 Å². The van der Waals surface area contributed by atoms with Crippen LogP contribution in [0.4, 0.5) is 0 Å². The van der Waals surface area contributed by atoms with Gasteiger partial charge in [0.1, 0.15) is 11.5 Å². The van der Waals surface area contributed by atoms with Crippen molar-refractivity contribution >= 4 is 15.9 Å². The van der Waals surface area contributed by atoms with E-state index < -0.39 is 0 Å². The van der Waals surface area contributed by atoms with Gasteiger partial charge in [-0.05, 0) is 52.2 Å². The first-order chi connectivity index (χ1) is 10.2. The number of pyridine rings is 1. The van der Waals surface area contributed by atoms with E-state index in [0.717, 1.165) is 35.7 Å². The molecule has 0 atom stereocenters. The standard InChI is InChI=1S/C16H19BrN2O2/c1-12-7-15(21-16-8-14(17)10-19-11-16)4-3-13(12)9-18-5-6-20-2/h3-4,7-8,10-11,18H,5-6,9H2,1-2H3. The van der Waals surface area contributed by atoms with Crippen LogP contribution < -0.4 is 10.1 Å². The van der Waals surface area contributed by atoms with Crippen molar-refractivity contribution in [2.75, 3.05) is 20.3 Å². The van der Waals surface area contributed by atoms with E-state index in [2.05, 4.69) is 39.2 Å². The first kappa shape index (κ1) is 15.9. The highest BCUT2D eigenvalue weighted by Crippen LogP contribution is 2.25. The lowest BCUT2D eigenvalue weighted by atomic mass is 10.1. The second-order valence-corrected chi connectivity index (χ2v) is 5.61. The van der Waals surface area contributed by atoms with E-state index in [1.165, 1.54) is 11.1 Å². The van der Waals surface area contributed by atoms with Gasteiger partial charge in [-0.3, -0.25) is 4.98 Å². The molecule has 0 fully saturated rings. The molecule has 2 aromatic rings. The molecule has 1 heterocycles. The fourth-order valence-corrected chi connectivity index (χ4v) is 2.26. The predicted molar refractivity (Wildman–Crippen MR) is 86.8 cm³/mol. The molecule has 0 bridgehead atoms. The highest BCUT2D eigenvalue weighted by molar-refractivity contribution is 9.10. The zero-order chi connectivity index (χ0) is 15.1. The van der Waals surface area contributed by atoms with E-state index in [0.29, 0.717) is 0 Å². The summed E-state index contributed by atoms with van der Waals surface area (Å²) in [7, 11) is 1.70. The number of hydrogen-bond acceptors (Lipinski definition) is 4. The first-order valence-corrected chi connectivity index (χ1v) is 7.56. The van der Waals surface area contributed by atoms with Crippen LogP contribution >= 0.6 is 15.9 Å². The van der Waals surface area contributed by atoms with E-state index in [9.17, 15) is 0 Å². The third-order valence-electron chi connectivity index (χ3n) is 3.03. The number of aryl methyl sites for hydroxylation is 1. The third-order valence-corrected chi connectivity index (χ3v) is 3.46. The molecule has 0 saturated carbocycles. The highest BCUT2D eigenvalue weighted by atomic mass is 79.9. The van der Waals surface area contributed by atoms with E-state index in [1.807, 2.05) is 18.2 Å². The Morgan fingerprint density at radius 1 is 1.19 bits per heavy atom. The van der Waals surface area contributed by atoms with E-state index in [4.69, 9.17) is 9.47 Å². The fraction of sp³-hybridized carbons (Fsp3) is 0.312. The molecule has 1 N–H and O–H groups in total. The quantitative estimate of drug-likeness (QED) is 0.773. The summed E-state index contributed by atoms with van der Waals surface area (Å²) in [4.78, 5) is 4.08. The summed E-state index contributed by atoms with van der Waals surface area (Å²) in [6.07, 6.45) is 3.42. The molecule has 0 saturated heterocycles.